The van der Waals surface area contributed by atoms with Gasteiger partial charge in [-0.3, -0.25) is 4.79 Å². The number of anilines is 3. The van der Waals surface area contributed by atoms with Gasteiger partial charge in [0.05, 0.1) is 23.6 Å². The first kappa shape index (κ1) is 24.1. The van der Waals surface area contributed by atoms with E-state index in [9.17, 15) is 9.18 Å². The zero-order valence-electron chi connectivity index (χ0n) is 20.5. The van der Waals surface area contributed by atoms with Gasteiger partial charge in [0, 0.05) is 54.3 Å². The standard InChI is InChI=1S/C26H31FN6O3/c1-15-17(27)5-3-6-18(15)32-21-19-23(26(14-31-25(19)34)8-4-9-29-13-26)33-20(21)16-7-10-30-24(28)22(16)36-12-11-35-2/h3,5-7,10,29,32-33H,4,8-9,11-14H2,1-2H3,(H2,28,30)(H,31,34)/t26-/m0/s1. The molecular formula is C26H31FN6O3. The van der Waals surface area contributed by atoms with E-state index in [1.807, 2.05) is 0 Å². The molecule has 0 saturated carbocycles. The predicted octanol–water partition coefficient (Wildman–Crippen LogP) is 3.24. The first-order chi connectivity index (χ1) is 17.4. The van der Waals surface area contributed by atoms with Crippen LogP contribution in [0, 0.1) is 12.7 Å². The Morgan fingerprint density at radius 3 is 2.89 bits per heavy atom. The summed E-state index contributed by atoms with van der Waals surface area (Å²) in [7, 11) is 1.59. The van der Waals surface area contributed by atoms with E-state index in [0.717, 1.165) is 31.6 Å². The number of nitrogens with two attached hydrogens (primary N) is 1. The zero-order chi connectivity index (χ0) is 25.3. The number of carbonyl (C=O) groups excluding carboxylic acids is 1. The maximum absolute atomic E-state index is 14.4. The van der Waals surface area contributed by atoms with E-state index in [1.165, 1.54) is 6.07 Å². The van der Waals surface area contributed by atoms with Crippen LogP contribution in [0.25, 0.3) is 11.3 Å². The highest BCUT2D eigenvalue weighted by molar-refractivity contribution is 6.07. The number of pyridine rings is 1. The molecule has 0 unspecified atom stereocenters. The number of nitrogens with one attached hydrogen (secondary N) is 4. The highest BCUT2D eigenvalue weighted by atomic mass is 19.1. The van der Waals surface area contributed by atoms with Crippen LogP contribution in [0.5, 0.6) is 5.75 Å². The Labute approximate surface area is 209 Å². The van der Waals surface area contributed by atoms with Crippen molar-refractivity contribution in [3.8, 4) is 17.0 Å². The third-order valence-electron chi connectivity index (χ3n) is 7.08. The van der Waals surface area contributed by atoms with Crippen molar-refractivity contribution in [2.75, 3.05) is 51.0 Å². The van der Waals surface area contributed by atoms with Crippen LogP contribution in [0.15, 0.2) is 30.5 Å². The van der Waals surface area contributed by atoms with Crippen LogP contribution >= 0.6 is 0 Å². The van der Waals surface area contributed by atoms with E-state index in [-0.39, 0.29) is 29.6 Å². The molecule has 190 valence electrons. The highest BCUT2D eigenvalue weighted by Crippen LogP contribution is 2.46. The number of fused-ring (bicyclic) bond motifs is 2. The van der Waals surface area contributed by atoms with Gasteiger partial charge < -0.3 is 36.1 Å². The molecule has 0 bridgehead atoms. The number of hydrogen-bond donors (Lipinski definition) is 5. The number of amides is 1. The number of methoxy groups -OCH3 is 1. The maximum Gasteiger partial charge on any atom is 0.255 e. The second kappa shape index (κ2) is 9.79. The molecule has 4 heterocycles. The molecule has 1 saturated heterocycles. The Bertz CT molecular complexity index is 1280. The van der Waals surface area contributed by atoms with Crippen molar-refractivity contribution in [2.45, 2.75) is 25.2 Å². The molecule has 3 aromatic rings. The number of ether oxygens (including phenoxy) is 2. The number of aromatic nitrogens is 2. The average Bonchev–Trinajstić information content (AvgIpc) is 3.27. The molecule has 0 aliphatic carbocycles. The molecule has 0 radical (unpaired) electrons. The van der Waals surface area contributed by atoms with Crippen LogP contribution in [0.4, 0.5) is 21.6 Å². The van der Waals surface area contributed by atoms with Gasteiger partial charge in [-0.05, 0) is 44.5 Å². The van der Waals surface area contributed by atoms with E-state index < -0.39 is 0 Å². The van der Waals surface area contributed by atoms with E-state index in [0.29, 0.717) is 52.7 Å². The number of piperidine rings is 1. The number of aromatic amines is 1. The van der Waals surface area contributed by atoms with Gasteiger partial charge in [0.2, 0.25) is 0 Å². The molecule has 36 heavy (non-hydrogen) atoms. The summed E-state index contributed by atoms with van der Waals surface area (Å²) < 4.78 is 25.5. The summed E-state index contributed by atoms with van der Waals surface area (Å²) in [6.07, 6.45) is 3.51. The summed E-state index contributed by atoms with van der Waals surface area (Å²) in [4.78, 5) is 21.1. The van der Waals surface area contributed by atoms with Crippen molar-refractivity contribution >= 4 is 23.1 Å². The fourth-order valence-electron chi connectivity index (χ4n) is 5.13. The first-order valence-electron chi connectivity index (χ1n) is 12.1. The second-order valence-electron chi connectivity index (χ2n) is 9.32. The summed E-state index contributed by atoms with van der Waals surface area (Å²) >= 11 is 0. The Hall–Kier alpha value is -3.63. The number of rotatable bonds is 7. The van der Waals surface area contributed by atoms with Gasteiger partial charge in [-0.25, -0.2) is 9.37 Å². The van der Waals surface area contributed by atoms with Gasteiger partial charge >= 0.3 is 0 Å². The Balaban J connectivity index is 1.72. The number of halogens is 1. The smallest absolute Gasteiger partial charge is 0.255 e. The third-order valence-corrected chi connectivity index (χ3v) is 7.08. The number of benzene rings is 1. The Morgan fingerprint density at radius 2 is 2.11 bits per heavy atom. The van der Waals surface area contributed by atoms with Crippen LogP contribution in [0.2, 0.25) is 0 Å². The van der Waals surface area contributed by atoms with Crippen LogP contribution in [0.3, 0.4) is 0 Å². The number of H-pyrrole nitrogens is 1. The van der Waals surface area contributed by atoms with Gasteiger partial charge in [-0.15, -0.1) is 0 Å². The fourth-order valence-corrected chi connectivity index (χ4v) is 5.13. The lowest BCUT2D eigenvalue weighted by Gasteiger charge is -2.40. The molecule has 5 rings (SSSR count). The molecule has 2 aliphatic heterocycles. The van der Waals surface area contributed by atoms with Crippen molar-refractivity contribution in [1.82, 2.24) is 20.6 Å². The minimum Gasteiger partial charge on any atom is -0.487 e. The molecule has 2 aromatic heterocycles. The Morgan fingerprint density at radius 1 is 1.25 bits per heavy atom. The van der Waals surface area contributed by atoms with Crippen LogP contribution in [-0.4, -0.2) is 55.8 Å². The van der Waals surface area contributed by atoms with Gasteiger partial charge in [-0.2, -0.15) is 0 Å². The van der Waals surface area contributed by atoms with Crippen molar-refractivity contribution in [1.29, 1.82) is 0 Å². The molecule has 1 aromatic carbocycles. The summed E-state index contributed by atoms with van der Waals surface area (Å²) in [5, 5.41) is 9.93. The number of carbonyl (C=O) groups is 1. The van der Waals surface area contributed by atoms with E-state index >= 15 is 0 Å². The monoisotopic (exact) mass is 494 g/mol. The summed E-state index contributed by atoms with van der Waals surface area (Å²) in [5.74, 6) is 0.0928. The predicted molar refractivity (Wildman–Crippen MR) is 136 cm³/mol. The average molecular weight is 495 g/mol. The molecule has 1 amide bonds. The molecule has 1 atom stereocenters. The van der Waals surface area contributed by atoms with E-state index in [2.05, 4.69) is 25.9 Å². The normalized spacial score (nSPS) is 19.1. The van der Waals surface area contributed by atoms with E-state index in [4.69, 9.17) is 15.2 Å². The summed E-state index contributed by atoms with van der Waals surface area (Å²) in [6, 6.07) is 6.63. The van der Waals surface area contributed by atoms with Crippen molar-refractivity contribution < 1.29 is 18.7 Å². The van der Waals surface area contributed by atoms with Crippen LogP contribution in [-0.2, 0) is 10.2 Å². The van der Waals surface area contributed by atoms with E-state index in [1.54, 1.807) is 38.4 Å². The van der Waals surface area contributed by atoms with Crippen LogP contribution < -0.4 is 26.4 Å². The lowest BCUT2D eigenvalue weighted by atomic mass is 9.74. The van der Waals surface area contributed by atoms with Gasteiger partial charge in [-0.1, -0.05) is 6.07 Å². The molecule has 9 nitrogen and oxygen atoms in total. The lowest BCUT2D eigenvalue weighted by Crippen LogP contribution is -2.54. The molecule has 10 heteroatoms. The molecular weight excluding hydrogens is 463 g/mol. The topological polar surface area (TPSA) is 126 Å². The van der Waals surface area contributed by atoms with Crippen molar-refractivity contribution in [2.24, 2.45) is 0 Å². The number of nitrogens with zero attached hydrogens (tertiary/aromatic N) is 1. The molecule has 1 fully saturated rings. The number of nitrogen functional groups attached to an aromatic ring is 1. The summed E-state index contributed by atoms with van der Waals surface area (Å²) in [6.45, 7) is 4.55. The lowest BCUT2D eigenvalue weighted by molar-refractivity contribution is 0.0916. The SMILES string of the molecule is COCCOc1c(-c2[nH]c3c(c2Nc2cccc(F)c2C)C(=O)NC[C@@]32CCCNC2)ccnc1N. The molecule has 6 N–H and O–H groups in total. The first-order valence-corrected chi connectivity index (χ1v) is 12.1. The Kier molecular flexibility index (Phi) is 6.55. The molecule has 1 spiro atoms. The second-order valence-corrected chi connectivity index (χ2v) is 9.32. The summed E-state index contributed by atoms with van der Waals surface area (Å²) in [5.41, 5.74) is 10.1. The maximum atomic E-state index is 14.4. The fraction of sp³-hybridized carbons (Fsp3) is 0.385. The number of hydrogen-bond acceptors (Lipinski definition) is 7. The quantitative estimate of drug-likeness (QED) is 0.319. The van der Waals surface area contributed by atoms with Gasteiger partial charge in [0.15, 0.2) is 11.6 Å². The molecule has 2 aliphatic rings. The van der Waals surface area contributed by atoms with Crippen molar-refractivity contribution in [3.05, 3.63) is 53.1 Å². The van der Waals surface area contributed by atoms with Gasteiger partial charge in [0.1, 0.15) is 12.4 Å². The largest absolute Gasteiger partial charge is 0.487 e. The minimum absolute atomic E-state index is 0.191. The van der Waals surface area contributed by atoms with Crippen LogP contribution in [0.1, 0.15) is 34.5 Å². The van der Waals surface area contributed by atoms with Crippen molar-refractivity contribution in [3.63, 3.8) is 0 Å². The zero-order valence-corrected chi connectivity index (χ0v) is 20.5. The minimum atomic E-state index is -0.333. The van der Waals surface area contributed by atoms with Gasteiger partial charge in [0.25, 0.3) is 5.91 Å². The highest BCUT2D eigenvalue weighted by Gasteiger charge is 2.44. The third kappa shape index (κ3) is 4.16.